The molecule has 5 aliphatic rings. The molecule has 0 bridgehead atoms. The molecule has 2 heterocycles. The molecule has 5 fully saturated rings. The lowest BCUT2D eigenvalue weighted by Crippen LogP contribution is -2.62. The van der Waals surface area contributed by atoms with Crippen molar-refractivity contribution in [3.63, 3.8) is 0 Å². The highest BCUT2D eigenvalue weighted by atomic mass is 32.2. The first-order chi connectivity index (χ1) is 23.5. The third-order valence-corrected chi connectivity index (χ3v) is 13.0. The van der Waals surface area contributed by atoms with Gasteiger partial charge in [-0.25, -0.2) is 22.3 Å². The van der Waals surface area contributed by atoms with Crippen LogP contribution in [0, 0.1) is 5.82 Å². The Labute approximate surface area is 290 Å². The number of nitrogens with zero attached hydrogens (tertiary/aromatic N) is 1. The van der Waals surface area contributed by atoms with Gasteiger partial charge in [0.25, 0.3) is 11.8 Å². The van der Waals surface area contributed by atoms with Gasteiger partial charge in [-0.15, -0.1) is 0 Å². The van der Waals surface area contributed by atoms with Crippen LogP contribution in [0.25, 0.3) is 11.1 Å². The highest BCUT2D eigenvalue weighted by Gasteiger charge is 2.56. The first-order valence-electron chi connectivity index (χ1n) is 17.5. The third kappa shape index (κ3) is 6.51. The summed E-state index contributed by atoms with van der Waals surface area (Å²) in [5.41, 5.74) is -1.59. The van der Waals surface area contributed by atoms with Crippen LogP contribution in [0.1, 0.15) is 95.1 Å². The summed E-state index contributed by atoms with van der Waals surface area (Å²) >= 11 is 0. The van der Waals surface area contributed by atoms with Gasteiger partial charge in [0, 0.05) is 36.5 Å². The number of carbonyl (C=O) groups excluding carboxylic acids is 2. The summed E-state index contributed by atoms with van der Waals surface area (Å²) in [7, 11) is -4.50. The van der Waals surface area contributed by atoms with Gasteiger partial charge < -0.3 is 15.4 Å². The van der Waals surface area contributed by atoms with Gasteiger partial charge in [-0.2, -0.15) is 12.7 Å². The number of ether oxygens (including phenoxy) is 1. The molecule has 2 amide bonds. The number of carbonyl (C=O) groups is 2. The summed E-state index contributed by atoms with van der Waals surface area (Å²) in [6.07, 6.45) is 6.87. The van der Waals surface area contributed by atoms with Crippen LogP contribution in [0.15, 0.2) is 36.4 Å². The van der Waals surface area contributed by atoms with E-state index in [-0.39, 0.29) is 42.4 Å². The van der Waals surface area contributed by atoms with E-state index in [2.05, 4.69) is 10.6 Å². The van der Waals surface area contributed by atoms with Gasteiger partial charge >= 0.3 is 10.2 Å². The predicted molar refractivity (Wildman–Crippen MR) is 178 cm³/mol. The molecule has 50 heavy (non-hydrogen) atoms. The first-order valence-corrected chi connectivity index (χ1v) is 19.0. The van der Waals surface area contributed by atoms with Crippen LogP contribution < -0.4 is 20.1 Å². The molecule has 14 heteroatoms. The molecule has 7 rings (SSSR count). The summed E-state index contributed by atoms with van der Waals surface area (Å²) in [4.78, 5) is 26.5. The van der Waals surface area contributed by atoms with Gasteiger partial charge in [0.15, 0.2) is 0 Å². The molecule has 3 aliphatic carbocycles. The Morgan fingerprint density at radius 1 is 1.00 bits per heavy atom. The van der Waals surface area contributed by atoms with Gasteiger partial charge in [-0.1, -0.05) is 24.6 Å². The van der Waals surface area contributed by atoms with E-state index in [1.165, 1.54) is 19.9 Å². The fraction of sp³-hybridized carbons (Fsp3) is 0.611. The predicted octanol–water partition coefficient (Wildman–Crippen LogP) is 5.39. The Kier molecular flexibility index (Phi) is 8.78. The molecule has 2 aliphatic heterocycles. The molecule has 1 spiro atoms. The van der Waals surface area contributed by atoms with Crippen molar-refractivity contribution in [2.45, 2.75) is 119 Å². The monoisotopic (exact) mass is 720 g/mol. The smallest absolute Gasteiger partial charge is 0.304 e. The molecule has 2 saturated heterocycles. The summed E-state index contributed by atoms with van der Waals surface area (Å²) in [5, 5.41) is 6.14. The minimum absolute atomic E-state index is 0.00191. The van der Waals surface area contributed by atoms with Crippen molar-refractivity contribution in [2.75, 3.05) is 19.6 Å². The van der Waals surface area contributed by atoms with Crippen molar-refractivity contribution in [3.8, 4) is 16.9 Å². The lowest BCUT2D eigenvalue weighted by atomic mass is 9.74. The Bertz CT molecular complexity index is 1790. The second-order valence-electron chi connectivity index (χ2n) is 15.6. The molecule has 272 valence electrons. The zero-order valence-corrected chi connectivity index (χ0v) is 29.1. The van der Waals surface area contributed by atoms with E-state index in [0.717, 1.165) is 38.5 Å². The lowest BCUT2D eigenvalue weighted by Gasteiger charge is -2.38. The standard InChI is InChI=1S/C36H44F4N4O5S/c1-33(2,31(45)43-50(47,48)44-20-36(39,40)21-44)23-10-13-29(27(16-23)26-8-4-9-28(37)30(26)22-6-3-7-22)49-25-12-11-24(17-25)42-32(46)35(38)18-34(41-19-35)14-5-15-34/h4,8-10,13,16,22,24-25,41H,3,5-7,11-12,14-15,17-21H2,1-2H3,(H,42,46)(H,43,45)/t24-,25-,35+/m1/s1. The summed E-state index contributed by atoms with van der Waals surface area (Å²) in [6.45, 7) is 1.04. The molecular formula is C36H44F4N4O5S. The van der Waals surface area contributed by atoms with E-state index >= 15 is 8.78 Å². The van der Waals surface area contributed by atoms with Gasteiger partial charge in [-0.3, -0.25) is 9.59 Å². The van der Waals surface area contributed by atoms with Crippen LogP contribution in [0.3, 0.4) is 0 Å². The number of rotatable bonds is 10. The molecule has 9 nitrogen and oxygen atoms in total. The van der Waals surface area contributed by atoms with Crippen LogP contribution in [-0.4, -0.2) is 73.4 Å². The topological polar surface area (TPSA) is 117 Å². The van der Waals surface area contributed by atoms with Gasteiger partial charge in [0.05, 0.1) is 18.5 Å². The minimum Gasteiger partial charge on any atom is -0.490 e. The maximum absolute atomic E-state index is 15.7. The van der Waals surface area contributed by atoms with E-state index in [9.17, 15) is 26.8 Å². The number of hydrogen-bond acceptors (Lipinski definition) is 6. The van der Waals surface area contributed by atoms with E-state index in [1.54, 1.807) is 30.3 Å². The average molecular weight is 721 g/mol. The molecule has 0 unspecified atom stereocenters. The molecule has 2 aromatic rings. The Morgan fingerprint density at radius 3 is 2.36 bits per heavy atom. The second kappa shape index (κ2) is 12.5. The third-order valence-electron chi connectivity index (χ3n) is 11.6. The van der Waals surface area contributed by atoms with E-state index in [1.807, 2.05) is 4.72 Å². The quantitative estimate of drug-likeness (QED) is 0.284. The number of benzene rings is 2. The molecular weight excluding hydrogens is 676 g/mol. The van der Waals surface area contributed by atoms with Gasteiger partial charge in [-0.05, 0) is 99.6 Å². The van der Waals surface area contributed by atoms with Crippen LogP contribution in [-0.2, 0) is 25.2 Å². The second-order valence-corrected chi connectivity index (χ2v) is 17.2. The summed E-state index contributed by atoms with van der Waals surface area (Å²) in [5.74, 6) is -4.58. The van der Waals surface area contributed by atoms with Crippen molar-refractivity contribution in [3.05, 3.63) is 53.3 Å². The van der Waals surface area contributed by atoms with Gasteiger partial charge in [0.1, 0.15) is 17.7 Å². The Balaban J connectivity index is 1.12. The number of hydrogen-bond donors (Lipinski definition) is 3. The normalized spacial score (nSPS) is 27.6. The molecule has 3 atom stereocenters. The molecule has 3 saturated carbocycles. The molecule has 2 aromatic carbocycles. The fourth-order valence-corrected chi connectivity index (χ4v) is 9.31. The zero-order chi connectivity index (χ0) is 35.7. The summed E-state index contributed by atoms with van der Waals surface area (Å²) in [6, 6.07) is 9.54. The van der Waals surface area contributed by atoms with Crippen molar-refractivity contribution < 1.29 is 40.3 Å². The van der Waals surface area contributed by atoms with Crippen molar-refractivity contribution in [1.82, 2.24) is 19.7 Å². The number of alkyl halides is 3. The van der Waals surface area contributed by atoms with E-state index in [0.29, 0.717) is 51.6 Å². The largest absolute Gasteiger partial charge is 0.490 e. The van der Waals surface area contributed by atoms with Crippen LogP contribution in [0.4, 0.5) is 17.6 Å². The summed E-state index contributed by atoms with van der Waals surface area (Å²) < 4.78 is 92.3. The highest BCUT2D eigenvalue weighted by Crippen LogP contribution is 2.47. The van der Waals surface area contributed by atoms with Crippen LogP contribution >= 0.6 is 0 Å². The minimum atomic E-state index is -4.50. The Hall–Kier alpha value is -3.23. The fourth-order valence-electron chi connectivity index (χ4n) is 7.97. The zero-order valence-electron chi connectivity index (χ0n) is 28.3. The molecule has 3 N–H and O–H groups in total. The maximum Gasteiger partial charge on any atom is 0.304 e. The number of halogens is 4. The first kappa shape index (κ1) is 35.2. The van der Waals surface area contributed by atoms with Crippen molar-refractivity contribution in [2.24, 2.45) is 0 Å². The molecule has 0 radical (unpaired) electrons. The van der Waals surface area contributed by atoms with E-state index < -0.39 is 52.1 Å². The Morgan fingerprint density at radius 2 is 1.74 bits per heavy atom. The number of nitrogens with one attached hydrogen (secondary N) is 3. The van der Waals surface area contributed by atoms with Crippen LogP contribution in [0.5, 0.6) is 5.75 Å². The molecule has 0 aromatic heterocycles. The average Bonchev–Trinajstić information content (AvgIpc) is 3.60. The van der Waals surface area contributed by atoms with Crippen molar-refractivity contribution in [1.29, 1.82) is 0 Å². The highest BCUT2D eigenvalue weighted by molar-refractivity contribution is 7.87. The number of amides is 2. The van der Waals surface area contributed by atoms with E-state index in [4.69, 9.17) is 4.74 Å². The maximum atomic E-state index is 15.7. The van der Waals surface area contributed by atoms with Crippen LogP contribution in [0.2, 0.25) is 0 Å². The van der Waals surface area contributed by atoms with Gasteiger partial charge in [0.2, 0.25) is 11.6 Å². The SMILES string of the molecule is CC(C)(C(=O)NS(=O)(=O)N1CC(F)(F)C1)c1ccc(O[C@@H]2CC[C@@H](NC(=O)[C@@]3(F)CNC4(CCC4)C3)C2)c(-c2cccc(F)c2C2CCC2)c1. The lowest BCUT2D eigenvalue weighted by molar-refractivity contribution is -0.133. The van der Waals surface area contributed by atoms with Crippen molar-refractivity contribution >= 4 is 22.0 Å².